The van der Waals surface area contributed by atoms with E-state index < -0.39 is 11.7 Å². The van der Waals surface area contributed by atoms with Gasteiger partial charge in [-0.25, -0.2) is 9.82 Å². The molecule has 0 saturated heterocycles. The molecule has 3 rings (SSSR count). The summed E-state index contributed by atoms with van der Waals surface area (Å²) in [6.07, 6.45) is 1.31. The molecular weight excluding hydrogens is 389 g/mol. The van der Waals surface area contributed by atoms with E-state index in [2.05, 4.69) is 10.5 Å². The Morgan fingerprint density at radius 1 is 1.22 bits per heavy atom. The van der Waals surface area contributed by atoms with Crippen molar-refractivity contribution in [2.75, 3.05) is 0 Å². The van der Waals surface area contributed by atoms with E-state index in [1.165, 1.54) is 30.1 Å². The van der Waals surface area contributed by atoms with Gasteiger partial charge in [-0.1, -0.05) is 23.4 Å². The maximum Gasteiger partial charge on any atom is 0.274 e. The van der Waals surface area contributed by atoms with Crippen LogP contribution in [-0.2, 0) is 0 Å². The van der Waals surface area contributed by atoms with Gasteiger partial charge >= 0.3 is 0 Å². The van der Waals surface area contributed by atoms with E-state index in [4.69, 9.17) is 21.3 Å². The zero-order valence-corrected chi connectivity index (χ0v) is 15.2. The van der Waals surface area contributed by atoms with Crippen molar-refractivity contribution in [2.24, 2.45) is 5.10 Å². The van der Waals surface area contributed by atoms with Crippen molar-refractivity contribution < 1.29 is 13.6 Å². The summed E-state index contributed by atoms with van der Waals surface area (Å²) in [6, 6.07) is 16.1. The number of hydrogen-bond acceptors (Lipinski definition) is 5. The van der Waals surface area contributed by atoms with E-state index in [9.17, 15) is 9.18 Å². The fourth-order valence-electron chi connectivity index (χ4n) is 2.06. The highest BCUT2D eigenvalue weighted by atomic mass is 35.5. The van der Waals surface area contributed by atoms with E-state index in [0.717, 1.165) is 11.0 Å². The number of carbonyl (C=O) groups excluding carboxylic acids is 1. The molecule has 0 unspecified atom stereocenters. The molecule has 134 valence electrons. The van der Waals surface area contributed by atoms with Crippen molar-refractivity contribution in [3.05, 3.63) is 82.3 Å². The lowest BCUT2D eigenvalue weighted by atomic mass is 10.1. The summed E-state index contributed by atoms with van der Waals surface area (Å²) >= 11 is 7.26. The van der Waals surface area contributed by atoms with E-state index >= 15 is 0 Å². The van der Waals surface area contributed by atoms with Crippen LogP contribution >= 0.6 is 23.4 Å². The highest BCUT2D eigenvalue weighted by Crippen LogP contribution is 2.29. The number of amides is 1. The number of hydrogen-bond donors (Lipinski definition) is 1. The lowest BCUT2D eigenvalue weighted by Crippen LogP contribution is -2.19. The molecule has 1 heterocycles. The molecule has 2 aromatic carbocycles. The van der Waals surface area contributed by atoms with Crippen LogP contribution in [0.1, 0.15) is 21.7 Å². The molecule has 5 nitrogen and oxygen atoms in total. The summed E-state index contributed by atoms with van der Waals surface area (Å²) < 4.78 is 19.4. The second-order valence-corrected chi connectivity index (χ2v) is 6.73. The number of furan rings is 1. The third-order valence-corrected chi connectivity index (χ3v) is 4.52. The zero-order chi connectivity index (χ0) is 19.2. The number of benzene rings is 2. The largest absolute Gasteiger partial charge is 0.448 e. The molecule has 0 aliphatic rings. The van der Waals surface area contributed by atoms with Crippen LogP contribution in [0.3, 0.4) is 0 Å². The van der Waals surface area contributed by atoms with Crippen LogP contribution in [0, 0.1) is 17.1 Å². The van der Waals surface area contributed by atoms with Crippen LogP contribution in [0.25, 0.3) is 0 Å². The minimum Gasteiger partial charge on any atom is -0.448 e. The number of hydrazone groups is 1. The first-order valence-electron chi connectivity index (χ1n) is 7.61. The van der Waals surface area contributed by atoms with E-state index in [1.807, 2.05) is 12.1 Å². The molecule has 0 saturated carbocycles. The van der Waals surface area contributed by atoms with Crippen LogP contribution in [0.5, 0.6) is 0 Å². The van der Waals surface area contributed by atoms with Gasteiger partial charge < -0.3 is 4.42 Å². The van der Waals surface area contributed by atoms with Crippen molar-refractivity contribution >= 4 is 35.5 Å². The van der Waals surface area contributed by atoms with Gasteiger partial charge in [-0.15, -0.1) is 0 Å². The van der Waals surface area contributed by atoms with Gasteiger partial charge in [0, 0.05) is 9.92 Å². The molecule has 1 amide bonds. The summed E-state index contributed by atoms with van der Waals surface area (Å²) in [5, 5.41) is 13.8. The maximum absolute atomic E-state index is 13.8. The third kappa shape index (κ3) is 4.97. The van der Waals surface area contributed by atoms with Crippen molar-refractivity contribution in [1.29, 1.82) is 5.26 Å². The van der Waals surface area contributed by atoms with Gasteiger partial charge in [0.05, 0.1) is 23.4 Å². The molecule has 0 aliphatic heterocycles. The fourth-order valence-corrected chi connectivity index (χ4v) is 2.97. The predicted molar refractivity (Wildman–Crippen MR) is 100 cm³/mol. The normalized spacial score (nSPS) is 10.7. The highest BCUT2D eigenvalue weighted by molar-refractivity contribution is 7.99. The molecule has 3 aromatic rings. The second-order valence-electron chi connectivity index (χ2n) is 5.22. The van der Waals surface area contributed by atoms with Gasteiger partial charge in [0.2, 0.25) is 0 Å². The molecular formula is C19H11ClFN3O2S. The number of nitrogens with one attached hydrogen (secondary N) is 1. The topological polar surface area (TPSA) is 78.4 Å². The lowest BCUT2D eigenvalue weighted by molar-refractivity contribution is 0.0951. The Morgan fingerprint density at radius 3 is 2.70 bits per heavy atom. The Morgan fingerprint density at radius 2 is 2.00 bits per heavy atom. The molecule has 8 heteroatoms. The Labute approximate surface area is 163 Å². The minimum atomic E-state index is -0.790. The Bertz CT molecular complexity index is 1040. The van der Waals surface area contributed by atoms with Crippen molar-refractivity contribution in [3.63, 3.8) is 0 Å². The quantitative estimate of drug-likeness (QED) is 0.491. The Hall–Kier alpha value is -3.08. The van der Waals surface area contributed by atoms with Crippen molar-refractivity contribution in [1.82, 2.24) is 5.43 Å². The standard InChI is InChI=1S/C19H11ClFN3O2S/c20-13-2-5-15(6-3-13)27-18-8-4-14(26-18)11-23-24-19(25)16-7-1-12(10-22)9-17(16)21/h1-9,11H,(H,24,25). The van der Waals surface area contributed by atoms with Gasteiger partial charge in [-0.05, 0) is 54.6 Å². The molecule has 1 N–H and O–H groups in total. The van der Waals surface area contributed by atoms with E-state index in [0.29, 0.717) is 15.9 Å². The molecule has 0 bridgehead atoms. The summed E-state index contributed by atoms with van der Waals surface area (Å²) in [5.41, 5.74) is 2.15. The van der Waals surface area contributed by atoms with Gasteiger partial charge in [0.15, 0.2) is 5.09 Å². The van der Waals surface area contributed by atoms with Crippen LogP contribution < -0.4 is 5.43 Å². The van der Waals surface area contributed by atoms with E-state index in [1.54, 1.807) is 30.3 Å². The van der Waals surface area contributed by atoms with Crippen molar-refractivity contribution in [3.8, 4) is 6.07 Å². The molecule has 0 atom stereocenters. The highest BCUT2D eigenvalue weighted by Gasteiger charge is 2.11. The van der Waals surface area contributed by atoms with Crippen LogP contribution in [-0.4, -0.2) is 12.1 Å². The molecule has 0 radical (unpaired) electrons. The first-order valence-corrected chi connectivity index (χ1v) is 8.81. The second kappa shape index (κ2) is 8.54. The molecule has 0 aliphatic carbocycles. The number of carbonyl (C=O) groups is 1. The van der Waals surface area contributed by atoms with Crippen molar-refractivity contribution in [2.45, 2.75) is 9.99 Å². The number of nitrogens with zero attached hydrogens (tertiary/aromatic N) is 2. The average Bonchev–Trinajstić information content (AvgIpc) is 3.10. The number of rotatable bonds is 5. The summed E-state index contributed by atoms with van der Waals surface area (Å²) in [6.45, 7) is 0. The minimum absolute atomic E-state index is 0.133. The predicted octanol–water partition coefficient (Wildman–Crippen LogP) is 4.86. The summed E-state index contributed by atoms with van der Waals surface area (Å²) in [7, 11) is 0. The lowest BCUT2D eigenvalue weighted by Gasteiger charge is -2.01. The smallest absolute Gasteiger partial charge is 0.274 e. The number of halogens is 2. The molecule has 27 heavy (non-hydrogen) atoms. The first kappa shape index (κ1) is 18.7. The Kier molecular flexibility index (Phi) is 5.91. The maximum atomic E-state index is 13.8. The van der Waals surface area contributed by atoms with Crippen LogP contribution in [0.2, 0.25) is 5.02 Å². The van der Waals surface area contributed by atoms with Gasteiger partial charge in [-0.2, -0.15) is 10.4 Å². The molecule has 1 aromatic heterocycles. The zero-order valence-electron chi connectivity index (χ0n) is 13.6. The Balaban J connectivity index is 1.60. The SMILES string of the molecule is N#Cc1ccc(C(=O)NN=Cc2ccc(Sc3ccc(Cl)cc3)o2)c(F)c1. The average molecular weight is 400 g/mol. The monoisotopic (exact) mass is 399 g/mol. The third-order valence-electron chi connectivity index (χ3n) is 3.33. The molecule has 0 spiro atoms. The van der Waals surface area contributed by atoms with Gasteiger partial charge in [0.25, 0.3) is 5.91 Å². The van der Waals surface area contributed by atoms with Gasteiger partial charge in [-0.3, -0.25) is 4.79 Å². The summed E-state index contributed by atoms with van der Waals surface area (Å²) in [4.78, 5) is 12.9. The molecule has 0 fully saturated rings. The summed E-state index contributed by atoms with van der Waals surface area (Å²) in [5.74, 6) is -1.09. The van der Waals surface area contributed by atoms with Gasteiger partial charge in [0.1, 0.15) is 11.6 Å². The van der Waals surface area contributed by atoms with E-state index in [-0.39, 0.29) is 11.1 Å². The fraction of sp³-hybridized carbons (Fsp3) is 0. The van der Waals surface area contributed by atoms with Crippen LogP contribution in [0.15, 0.2) is 74.1 Å². The number of nitriles is 1. The van der Waals surface area contributed by atoms with Crippen LogP contribution in [0.4, 0.5) is 4.39 Å². The first-order chi connectivity index (χ1) is 13.0.